The maximum absolute atomic E-state index is 13.6. The maximum atomic E-state index is 13.6. The molecule has 0 spiro atoms. The first-order valence-electron chi connectivity index (χ1n) is 11.0. The smallest absolute Gasteiger partial charge is 0.173 e. The fraction of sp³-hybridized carbons (Fsp3) is 0.423. The van der Waals surface area contributed by atoms with Gasteiger partial charge >= 0.3 is 0 Å². The number of rotatable bonds is 4. The Morgan fingerprint density at radius 2 is 1.80 bits per heavy atom. The Hall–Kier alpha value is -2.10. The van der Waals surface area contributed by atoms with Gasteiger partial charge in [-0.3, -0.25) is 4.79 Å². The van der Waals surface area contributed by atoms with Gasteiger partial charge in [-0.25, -0.2) is 0 Å². The average molecular weight is 423 g/mol. The van der Waals surface area contributed by atoms with Crippen molar-refractivity contribution >= 4 is 23.0 Å². The highest BCUT2D eigenvalue weighted by Gasteiger charge is 2.62. The molecule has 0 aromatic heterocycles. The third-order valence-electron chi connectivity index (χ3n) is 7.21. The molecule has 0 unspecified atom stereocenters. The molecule has 4 heteroatoms. The molecule has 0 radical (unpaired) electrons. The molecule has 2 heterocycles. The first-order chi connectivity index (χ1) is 14.4. The van der Waals surface area contributed by atoms with Crippen LogP contribution in [0.4, 0.5) is 0 Å². The third kappa shape index (κ3) is 2.79. The fourth-order valence-electron chi connectivity index (χ4n) is 5.99. The largest absolute Gasteiger partial charge is 0.511 e. The van der Waals surface area contributed by atoms with Gasteiger partial charge in [-0.05, 0) is 60.6 Å². The van der Waals surface area contributed by atoms with E-state index in [0.29, 0.717) is 10.6 Å². The van der Waals surface area contributed by atoms with Gasteiger partial charge in [0, 0.05) is 10.9 Å². The van der Waals surface area contributed by atoms with Crippen LogP contribution >= 0.6 is 11.6 Å². The molecule has 30 heavy (non-hydrogen) atoms. The number of hydrogen-bond donors (Lipinski definition) is 1. The summed E-state index contributed by atoms with van der Waals surface area (Å²) in [5.74, 6) is -0.0825. The van der Waals surface area contributed by atoms with Gasteiger partial charge in [-0.15, -0.1) is 0 Å². The molecule has 156 valence electrons. The summed E-state index contributed by atoms with van der Waals surface area (Å²) in [6, 6.07) is 12.2. The van der Waals surface area contributed by atoms with Gasteiger partial charge in [0.05, 0.1) is 29.6 Å². The number of carbonyl (C=O) groups is 1. The standard InChI is InChI=1S/C26H27ClO3/c1-4-14-9-13(3)10-15(5-2)20(14)22-24(28)21-19-12-18(16-7-6-8-17(27)11-16)26(30-19)23(21)25(22)29/h6-11,18-19,21,23,26,29H,4-5,12H2,1-3H3/t18-,19-,21-,23+,26+/m0/s1. The number of ether oxygens (including phenoxy) is 1. The van der Waals surface area contributed by atoms with Gasteiger partial charge < -0.3 is 9.84 Å². The van der Waals surface area contributed by atoms with E-state index in [9.17, 15) is 9.90 Å². The SMILES string of the molecule is CCc1cc(C)cc(CC)c1C1=C(O)[C@@H]2[C@@H]3O[C@@H](C[C@H]3c3cccc(Cl)c3)[C@@H]2C1=O. The lowest BCUT2D eigenvalue weighted by molar-refractivity contribution is -0.118. The summed E-state index contributed by atoms with van der Waals surface area (Å²) >= 11 is 6.22. The number of hydrogen-bond acceptors (Lipinski definition) is 3. The van der Waals surface area contributed by atoms with Crippen LogP contribution in [0.25, 0.3) is 5.57 Å². The van der Waals surface area contributed by atoms with Crippen molar-refractivity contribution in [1.82, 2.24) is 0 Å². The summed E-state index contributed by atoms with van der Waals surface area (Å²) in [4.78, 5) is 13.6. The molecule has 5 rings (SSSR count). The van der Waals surface area contributed by atoms with E-state index < -0.39 is 0 Å². The second-order valence-electron chi connectivity index (χ2n) is 8.88. The van der Waals surface area contributed by atoms with E-state index in [1.165, 1.54) is 5.56 Å². The Morgan fingerprint density at radius 1 is 1.10 bits per heavy atom. The topological polar surface area (TPSA) is 46.5 Å². The van der Waals surface area contributed by atoms with Crippen molar-refractivity contribution in [2.24, 2.45) is 11.8 Å². The zero-order chi connectivity index (χ0) is 21.2. The van der Waals surface area contributed by atoms with Crippen molar-refractivity contribution in [3.8, 4) is 0 Å². The number of aryl methyl sites for hydroxylation is 3. The van der Waals surface area contributed by atoms with Crippen molar-refractivity contribution in [1.29, 1.82) is 0 Å². The van der Waals surface area contributed by atoms with E-state index >= 15 is 0 Å². The second kappa shape index (κ2) is 7.25. The molecule has 0 amide bonds. The molecule has 3 aliphatic rings. The minimum Gasteiger partial charge on any atom is -0.511 e. The summed E-state index contributed by atoms with van der Waals surface area (Å²) in [5.41, 5.74) is 6.11. The van der Waals surface area contributed by atoms with Gasteiger partial charge in [-0.2, -0.15) is 0 Å². The minimum absolute atomic E-state index is 0.0581. The predicted octanol–water partition coefficient (Wildman–Crippen LogP) is 5.81. The minimum atomic E-state index is -0.267. The van der Waals surface area contributed by atoms with Crippen LogP contribution in [0.1, 0.15) is 54.0 Å². The average Bonchev–Trinajstić information content (AvgIpc) is 3.39. The number of carbonyl (C=O) groups excluding carboxylic acids is 1. The molecule has 0 saturated carbocycles. The Morgan fingerprint density at radius 3 is 2.43 bits per heavy atom. The number of allylic oxidation sites excluding steroid dienone is 1. The van der Waals surface area contributed by atoms with E-state index in [1.807, 2.05) is 18.2 Å². The highest BCUT2D eigenvalue weighted by molar-refractivity contribution is 6.30. The molecule has 2 aromatic carbocycles. The molecule has 2 aliphatic heterocycles. The number of ketones is 1. The number of aliphatic hydroxyl groups is 1. The molecular formula is C26H27ClO3. The van der Waals surface area contributed by atoms with E-state index in [1.54, 1.807) is 0 Å². The van der Waals surface area contributed by atoms with Gasteiger partial charge in [0.25, 0.3) is 0 Å². The number of fused-ring (bicyclic) bond motifs is 5. The van der Waals surface area contributed by atoms with Crippen LogP contribution in [-0.4, -0.2) is 23.1 Å². The highest BCUT2D eigenvalue weighted by atomic mass is 35.5. The van der Waals surface area contributed by atoms with Crippen LogP contribution in [0.3, 0.4) is 0 Å². The highest BCUT2D eigenvalue weighted by Crippen LogP contribution is 2.58. The first kappa shape index (κ1) is 19.8. The summed E-state index contributed by atoms with van der Waals surface area (Å²) in [7, 11) is 0. The van der Waals surface area contributed by atoms with Crippen molar-refractivity contribution in [2.75, 3.05) is 0 Å². The molecule has 1 aliphatic carbocycles. The Labute approximate surface area is 182 Å². The van der Waals surface area contributed by atoms with Crippen LogP contribution in [0.5, 0.6) is 0 Å². The van der Waals surface area contributed by atoms with Gasteiger partial charge in [0.15, 0.2) is 5.78 Å². The maximum Gasteiger partial charge on any atom is 0.173 e. The monoisotopic (exact) mass is 422 g/mol. The van der Waals surface area contributed by atoms with Gasteiger partial charge in [0.1, 0.15) is 5.76 Å². The van der Waals surface area contributed by atoms with Crippen LogP contribution in [-0.2, 0) is 22.4 Å². The second-order valence-corrected chi connectivity index (χ2v) is 9.31. The number of aliphatic hydroxyl groups excluding tert-OH is 1. The first-order valence-corrected chi connectivity index (χ1v) is 11.3. The molecular weight excluding hydrogens is 396 g/mol. The molecule has 1 N–H and O–H groups in total. The van der Waals surface area contributed by atoms with Crippen molar-refractivity contribution in [3.05, 3.63) is 75.0 Å². The lowest BCUT2D eigenvalue weighted by Gasteiger charge is -2.27. The summed E-state index contributed by atoms with van der Waals surface area (Å²) in [5, 5.41) is 12.1. The van der Waals surface area contributed by atoms with Crippen LogP contribution in [0.15, 0.2) is 42.2 Å². The van der Waals surface area contributed by atoms with Gasteiger partial charge in [0.2, 0.25) is 0 Å². The van der Waals surface area contributed by atoms with Crippen LogP contribution in [0.2, 0.25) is 5.02 Å². The Bertz CT molecular complexity index is 1040. The number of halogens is 1. The number of benzene rings is 2. The summed E-state index contributed by atoms with van der Waals surface area (Å²) in [6.07, 6.45) is 2.14. The van der Waals surface area contributed by atoms with E-state index in [0.717, 1.165) is 41.5 Å². The Kier molecular flexibility index (Phi) is 4.79. The fourth-order valence-corrected chi connectivity index (χ4v) is 6.19. The predicted molar refractivity (Wildman–Crippen MR) is 119 cm³/mol. The van der Waals surface area contributed by atoms with E-state index in [2.05, 4.69) is 39.0 Å². The summed E-state index contributed by atoms with van der Waals surface area (Å²) in [6.45, 7) is 6.31. The van der Waals surface area contributed by atoms with Crippen LogP contribution < -0.4 is 0 Å². The molecule has 2 fully saturated rings. The summed E-state index contributed by atoms with van der Waals surface area (Å²) < 4.78 is 6.25. The number of Topliss-reactive ketones (excluding diaryl/α,β-unsaturated/α-hetero) is 1. The normalized spacial score (nSPS) is 29.7. The van der Waals surface area contributed by atoms with Crippen molar-refractivity contribution in [3.63, 3.8) is 0 Å². The van der Waals surface area contributed by atoms with Crippen molar-refractivity contribution in [2.45, 2.75) is 58.2 Å². The van der Waals surface area contributed by atoms with Gasteiger partial charge in [-0.1, -0.05) is 55.3 Å². The lowest BCUT2D eigenvalue weighted by Crippen LogP contribution is -2.33. The third-order valence-corrected chi connectivity index (χ3v) is 7.45. The molecule has 3 nitrogen and oxygen atoms in total. The quantitative estimate of drug-likeness (QED) is 0.676. The van der Waals surface area contributed by atoms with Crippen LogP contribution in [0, 0.1) is 18.8 Å². The molecule has 2 saturated heterocycles. The lowest BCUT2D eigenvalue weighted by atomic mass is 9.72. The molecule has 5 atom stereocenters. The zero-order valence-corrected chi connectivity index (χ0v) is 18.4. The van der Waals surface area contributed by atoms with E-state index in [-0.39, 0.29) is 41.5 Å². The van der Waals surface area contributed by atoms with E-state index in [4.69, 9.17) is 16.3 Å². The van der Waals surface area contributed by atoms with Crippen molar-refractivity contribution < 1.29 is 14.6 Å². The molecule has 2 bridgehead atoms. The molecule has 2 aromatic rings. The Balaban J connectivity index is 1.60. The zero-order valence-electron chi connectivity index (χ0n) is 17.6.